The number of thiophene rings is 1. The highest BCUT2D eigenvalue weighted by Gasteiger charge is 2.20. The number of para-hydroxylation sites is 1. The van der Waals surface area contributed by atoms with Crippen molar-refractivity contribution in [3.8, 4) is 0 Å². The van der Waals surface area contributed by atoms with Gasteiger partial charge in [-0.1, -0.05) is 18.2 Å². The fourth-order valence-electron chi connectivity index (χ4n) is 2.85. The summed E-state index contributed by atoms with van der Waals surface area (Å²) in [4.78, 5) is 5.47. The van der Waals surface area contributed by atoms with Crippen molar-refractivity contribution < 1.29 is 9.50 Å². The van der Waals surface area contributed by atoms with Crippen LogP contribution in [-0.4, -0.2) is 42.7 Å². The van der Waals surface area contributed by atoms with E-state index in [1.165, 1.54) is 6.07 Å². The summed E-state index contributed by atoms with van der Waals surface area (Å²) in [5.74, 6) is -0.149. The lowest BCUT2D eigenvalue weighted by Gasteiger charge is -2.36. The first kappa shape index (κ1) is 15.5. The maximum Gasteiger partial charge on any atom is 0.146 e. The van der Waals surface area contributed by atoms with Gasteiger partial charge in [-0.2, -0.15) is 0 Å². The van der Waals surface area contributed by atoms with Crippen molar-refractivity contribution >= 4 is 17.0 Å². The van der Waals surface area contributed by atoms with E-state index < -0.39 is 0 Å². The van der Waals surface area contributed by atoms with Gasteiger partial charge < -0.3 is 10.0 Å². The Hall–Kier alpha value is -1.43. The molecule has 0 spiro atoms. The van der Waals surface area contributed by atoms with E-state index in [0.29, 0.717) is 5.69 Å². The largest absolute Gasteiger partial charge is 0.388 e. The van der Waals surface area contributed by atoms with E-state index in [4.69, 9.17) is 0 Å². The molecule has 2 aromatic rings. The summed E-state index contributed by atoms with van der Waals surface area (Å²) >= 11 is 1.60. The predicted octanol–water partition coefficient (Wildman–Crippen LogP) is 3.13. The maximum absolute atomic E-state index is 13.8. The van der Waals surface area contributed by atoms with E-state index >= 15 is 0 Å². The Kier molecular flexibility index (Phi) is 5.08. The normalized spacial score (nSPS) is 17.6. The highest BCUT2D eigenvalue weighted by Crippen LogP contribution is 2.23. The Labute approximate surface area is 134 Å². The molecular formula is C17H21FN2OS. The molecule has 0 bridgehead atoms. The van der Waals surface area contributed by atoms with Crippen LogP contribution in [0, 0.1) is 5.82 Å². The SMILES string of the molecule is OC(CCN1CCN(c2ccccc2F)CC1)c1cccs1. The Morgan fingerprint density at radius 3 is 2.55 bits per heavy atom. The molecule has 1 aliphatic heterocycles. The van der Waals surface area contributed by atoms with E-state index in [1.54, 1.807) is 17.4 Å². The number of hydrogen-bond acceptors (Lipinski definition) is 4. The zero-order valence-electron chi connectivity index (χ0n) is 12.5. The van der Waals surface area contributed by atoms with E-state index in [-0.39, 0.29) is 11.9 Å². The first-order valence-corrected chi connectivity index (χ1v) is 8.55. The van der Waals surface area contributed by atoms with Crippen molar-refractivity contribution in [3.63, 3.8) is 0 Å². The molecule has 1 aromatic carbocycles. The minimum Gasteiger partial charge on any atom is -0.388 e. The van der Waals surface area contributed by atoms with Crippen molar-refractivity contribution in [1.29, 1.82) is 0 Å². The summed E-state index contributed by atoms with van der Waals surface area (Å²) in [7, 11) is 0. The summed E-state index contributed by atoms with van der Waals surface area (Å²) in [5.41, 5.74) is 0.695. The number of benzene rings is 1. The average Bonchev–Trinajstić information content (AvgIpc) is 3.08. The van der Waals surface area contributed by atoms with Gasteiger partial charge in [0.1, 0.15) is 5.82 Å². The summed E-state index contributed by atoms with van der Waals surface area (Å²) in [6.45, 7) is 4.35. The van der Waals surface area contributed by atoms with E-state index in [1.807, 2.05) is 29.6 Å². The first-order valence-electron chi connectivity index (χ1n) is 7.67. The third-order valence-electron chi connectivity index (χ3n) is 4.16. The van der Waals surface area contributed by atoms with Crippen LogP contribution in [-0.2, 0) is 0 Å². The molecule has 0 saturated carbocycles. The molecule has 3 nitrogen and oxygen atoms in total. The molecule has 3 rings (SSSR count). The average molecular weight is 320 g/mol. The lowest BCUT2D eigenvalue weighted by molar-refractivity contribution is 0.142. The molecule has 1 fully saturated rings. The topological polar surface area (TPSA) is 26.7 Å². The van der Waals surface area contributed by atoms with Gasteiger partial charge in [0.25, 0.3) is 0 Å². The molecule has 1 N–H and O–H groups in total. The second-order valence-electron chi connectivity index (χ2n) is 5.60. The number of aliphatic hydroxyl groups excluding tert-OH is 1. The Morgan fingerprint density at radius 1 is 1.09 bits per heavy atom. The lowest BCUT2D eigenvalue weighted by atomic mass is 10.2. The van der Waals surface area contributed by atoms with Crippen LogP contribution < -0.4 is 4.90 Å². The van der Waals surface area contributed by atoms with Crippen molar-refractivity contribution in [2.24, 2.45) is 0 Å². The highest BCUT2D eigenvalue weighted by atomic mass is 32.1. The van der Waals surface area contributed by atoms with Gasteiger partial charge in [-0.3, -0.25) is 4.90 Å². The molecule has 22 heavy (non-hydrogen) atoms. The molecule has 1 atom stereocenters. The zero-order chi connectivity index (χ0) is 15.4. The number of anilines is 1. The van der Waals surface area contributed by atoms with Crippen LogP contribution in [0.15, 0.2) is 41.8 Å². The van der Waals surface area contributed by atoms with Crippen LogP contribution in [0.5, 0.6) is 0 Å². The van der Waals surface area contributed by atoms with E-state index in [2.05, 4.69) is 9.80 Å². The summed E-state index contributed by atoms with van der Waals surface area (Å²) in [6.07, 6.45) is 0.379. The second-order valence-corrected chi connectivity index (χ2v) is 6.58. The number of rotatable bonds is 5. The van der Waals surface area contributed by atoms with Gasteiger partial charge in [-0.05, 0) is 30.0 Å². The quantitative estimate of drug-likeness (QED) is 0.917. The van der Waals surface area contributed by atoms with Crippen molar-refractivity contribution in [3.05, 3.63) is 52.5 Å². The first-order chi connectivity index (χ1) is 10.7. The van der Waals surface area contributed by atoms with Crippen LogP contribution in [0.2, 0.25) is 0 Å². The molecule has 0 radical (unpaired) electrons. The summed E-state index contributed by atoms with van der Waals surface area (Å²) in [6, 6.07) is 10.9. The zero-order valence-corrected chi connectivity index (χ0v) is 13.3. The molecule has 0 amide bonds. The molecule has 1 unspecified atom stereocenters. The van der Waals surface area contributed by atoms with Gasteiger partial charge in [0.15, 0.2) is 0 Å². The third kappa shape index (κ3) is 3.66. The maximum atomic E-state index is 13.8. The van der Waals surface area contributed by atoms with Crippen LogP contribution >= 0.6 is 11.3 Å². The van der Waals surface area contributed by atoms with E-state index in [0.717, 1.165) is 44.0 Å². The minimum atomic E-state index is -0.371. The molecule has 1 aliphatic rings. The number of nitrogens with zero attached hydrogens (tertiary/aromatic N) is 2. The Bertz CT molecular complexity index is 582. The van der Waals surface area contributed by atoms with Gasteiger partial charge in [0.2, 0.25) is 0 Å². The lowest BCUT2D eigenvalue weighted by Crippen LogP contribution is -2.47. The smallest absolute Gasteiger partial charge is 0.146 e. The molecule has 2 heterocycles. The number of piperazine rings is 1. The van der Waals surface area contributed by atoms with Gasteiger partial charge in [-0.25, -0.2) is 4.39 Å². The van der Waals surface area contributed by atoms with Crippen LogP contribution in [0.3, 0.4) is 0 Å². The van der Waals surface area contributed by atoms with Gasteiger partial charge in [0.05, 0.1) is 11.8 Å². The standard InChI is InChI=1S/C17H21FN2OS/c18-14-4-1-2-5-15(14)20-11-9-19(10-12-20)8-7-16(21)17-6-3-13-22-17/h1-6,13,16,21H,7-12H2. The number of aliphatic hydroxyl groups is 1. The summed E-state index contributed by atoms with van der Waals surface area (Å²) < 4.78 is 13.8. The Balaban J connectivity index is 1.47. The molecular weight excluding hydrogens is 299 g/mol. The van der Waals surface area contributed by atoms with Gasteiger partial charge >= 0.3 is 0 Å². The van der Waals surface area contributed by atoms with Crippen LogP contribution in [0.25, 0.3) is 0 Å². The molecule has 1 aromatic heterocycles. The van der Waals surface area contributed by atoms with Gasteiger partial charge in [-0.15, -0.1) is 11.3 Å². The fourth-order valence-corrected chi connectivity index (χ4v) is 3.59. The van der Waals surface area contributed by atoms with Crippen LogP contribution in [0.1, 0.15) is 17.4 Å². The second kappa shape index (κ2) is 7.22. The predicted molar refractivity (Wildman–Crippen MR) is 88.9 cm³/mol. The third-order valence-corrected chi connectivity index (χ3v) is 5.13. The Morgan fingerprint density at radius 2 is 1.86 bits per heavy atom. The molecule has 5 heteroatoms. The van der Waals surface area contributed by atoms with Gasteiger partial charge in [0, 0.05) is 37.6 Å². The van der Waals surface area contributed by atoms with Crippen molar-refractivity contribution in [1.82, 2.24) is 4.90 Å². The molecule has 0 aliphatic carbocycles. The molecule has 118 valence electrons. The van der Waals surface area contributed by atoms with E-state index in [9.17, 15) is 9.50 Å². The van der Waals surface area contributed by atoms with Crippen LogP contribution in [0.4, 0.5) is 10.1 Å². The highest BCUT2D eigenvalue weighted by molar-refractivity contribution is 7.10. The van der Waals surface area contributed by atoms with Crippen molar-refractivity contribution in [2.75, 3.05) is 37.6 Å². The van der Waals surface area contributed by atoms with Crippen molar-refractivity contribution in [2.45, 2.75) is 12.5 Å². The number of halogens is 1. The fraction of sp³-hybridized carbons (Fsp3) is 0.412. The summed E-state index contributed by atoms with van der Waals surface area (Å²) in [5, 5.41) is 12.1. The molecule has 1 saturated heterocycles. The number of hydrogen-bond donors (Lipinski definition) is 1. The monoisotopic (exact) mass is 320 g/mol. The minimum absolute atomic E-state index is 0.149.